The van der Waals surface area contributed by atoms with Crippen LogP contribution in [-0.4, -0.2) is 52.6 Å². The lowest BCUT2D eigenvalue weighted by Crippen LogP contribution is -2.49. The van der Waals surface area contributed by atoms with Gasteiger partial charge in [0.2, 0.25) is 11.3 Å². The summed E-state index contributed by atoms with van der Waals surface area (Å²) in [4.78, 5) is 41.1. The summed E-state index contributed by atoms with van der Waals surface area (Å²) in [5.41, 5.74) is -0.0108. The van der Waals surface area contributed by atoms with Gasteiger partial charge in [0.1, 0.15) is 11.4 Å². The number of aromatic nitrogens is 1. The number of benzene rings is 1. The molecule has 0 spiro atoms. The molecule has 1 unspecified atom stereocenters. The summed E-state index contributed by atoms with van der Waals surface area (Å²) in [6, 6.07) is 2.83. The van der Waals surface area contributed by atoms with Gasteiger partial charge in [-0.2, -0.15) is 0 Å². The van der Waals surface area contributed by atoms with Gasteiger partial charge in [-0.15, -0.1) is 0 Å². The Morgan fingerprint density at radius 1 is 0.953 bits per heavy atom. The molecule has 1 atom stereocenters. The Morgan fingerprint density at radius 2 is 1.60 bits per heavy atom. The van der Waals surface area contributed by atoms with E-state index >= 15 is 4.39 Å². The normalized spacial score (nSPS) is 16.8. The molecule has 1 N–H and O–H groups in total. The third-order valence-electron chi connectivity index (χ3n) is 8.40. The minimum absolute atomic E-state index is 0.0433. The van der Waals surface area contributed by atoms with Gasteiger partial charge in [-0.05, 0) is 57.6 Å². The van der Waals surface area contributed by atoms with Crippen LogP contribution in [0.2, 0.25) is 0 Å². The highest BCUT2D eigenvalue weighted by atomic mass is 32.2. The zero-order valence-electron chi connectivity index (χ0n) is 25.7. The highest BCUT2D eigenvalue weighted by Gasteiger charge is 2.33. The fourth-order valence-electron chi connectivity index (χ4n) is 5.91. The number of nitrogens with zero attached hydrogens (tertiary/aromatic N) is 3. The molecule has 0 aliphatic carbocycles. The van der Waals surface area contributed by atoms with Gasteiger partial charge in [-0.25, -0.2) is 9.18 Å². The van der Waals surface area contributed by atoms with Gasteiger partial charge in [0.05, 0.1) is 21.6 Å². The third kappa shape index (κ3) is 8.31. The van der Waals surface area contributed by atoms with E-state index in [1.54, 1.807) is 10.6 Å². The zero-order chi connectivity index (χ0) is 30.8. The number of hydrogen-bond donors (Lipinski definition) is 1. The van der Waals surface area contributed by atoms with Gasteiger partial charge < -0.3 is 19.5 Å². The van der Waals surface area contributed by atoms with E-state index in [9.17, 15) is 19.5 Å². The van der Waals surface area contributed by atoms with Gasteiger partial charge >= 0.3 is 5.97 Å². The van der Waals surface area contributed by atoms with Crippen molar-refractivity contribution in [3.63, 3.8) is 0 Å². The third-order valence-corrected chi connectivity index (χ3v) is 9.58. The number of pyridine rings is 1. The van der Waals surface area contributed by atoms with Crippen LogP contribution in [0.15, 0.2) is 46.3 Å². The number of carbonyl (C=O) groups is 2. The smallest absolute Gasteiger partial charge is 0.342 e. The Labute approximate surface area is 258 Å². The minimum Gasteiger partial charge on any atom is -0.477 e. The Hall–Kier alpha value is -3.07. The van der Waals surface area contributed by atoms with E-state index in [1.807, 2.05) is 16.7 Å². The molecule has 0 radical (unpaired) electrons. The highest BCUT2D eigenvalue weighted by Crippen LogP contribution is 2.46. The van der Waals surface area contributed by atoms with Crippen molar-refractivity contribution < 1.29 is 19.1 Å². The molecule has 9 heteroatoms. The molecule has 4 rings (SSSR count). The summed E-state index contributed by atoms with van der Waals surface area (Å²) < 4.78 is 17.0. The summed E-state index contributed by atoms with van der Waals surface area (Å²) in [6.07, 6.45) is 22.3. The first-order valence-electron chi connectivity index (χ1n) is 16.0. The molecule has 0 saturated carbocycles. The first kappa shape index (κ1) is 32.8. The molecule has 1 aromatic carbocycles. The Morgan fingerprint density at radius 3 is 2.26 bits per heavy atom. The van der Waals surface area contributed by atoms with Crippen molar-refractivity contribution in [1.29, 1.82) is 0 Å². The second-order valence-corrected chi connectivity index (χ2v) is 12.9. The predicted molar refractivity (Wildman–Crippen MR) is 174 cm³/mol. The van der Waals surface area contributed by atoms with Crippen LogP contribution in [0.1, 0.15) is 107 Å². The average molecular weight is 612 g/mol. The van der Waals surface area contributed by atoms with E-state index in [1.165, 1.54) is 56.4 Å². The molecule has 2 aliphatic heterocycles. The molecule has 1 amide bonds. The lowest BCUT2D eigenvalue weighted by atomic mass is 10.1. The van der Waals surface area contributed by atoms with Gasteiger partial charge in [0.25, 0.3) is 0 Å². The van der Waals surface area contributed by atoms with Crippen molar-refractivity contribution in [2.24, 2.45) is 0 Å². The molecular weight excluding hydrogens is 565 g/mol. The molecule has 1 fully saturated rings. The maximum atomic E-state index is 15.2. The van der Waals surface area contributed by atoms with Crippen LogP contribution >= 0.6 is 11.8 Å². The standard InChI is InChI=1S/C34H46FN3O4S/c1-3-4-5-6-7-8-9-10-11-12-13-14-15-16-17-18-30(39)37-21-19-36(20-22-37)29-24-28-26(23-27(29)35)32(40)31(34(41)42)33-38(28)25(2)43-33/h7-8,10-11,23-25H,3-6,9,12-22H2,1-2H3,(H,41,42)/b8-7+,11-10+. The van der Waals surface area contributed by atoms with E-state index < -0.39 is 17.2 Å². The van der Waals surface area contributed by atoms with E-state index in [0.717, 1.165) is 32.1 Å². The first-order chi connectivity index (χ1) is 20.8. The number of aromatic carboxylic acids is 1. The maximum Gasteiger partial charge on any atom is 0.342 e. The lowest BCUT2D eigenvalue weighted by Gasteiger charge is -2.37. The Balaban J connectivity index is 1.17. The second-order valence-electron chi connectivity index (χ2n) is 11.6. The van der Waals surface area contributed by atoms with Gasteiger partial charge in [0, 0.05) is 38.0 Å². The van der Waals surface area contributed by atoms with Crippen molar-refractivity contribution in [2.45, 2.75) is 101 Å². The summed E-state index contributed by atoms with van der Waals surface area (Å²) in [7, 11) is 0. The number of carboxylic acid groups (broad SMARTS) is 1. The van der Waals surface area contributed by atoms with E-state index in [2.05, 4.69) is 31.2 Å². The van der Waals surface area contributed by atoms with Crippen LogP contribution < -0.4 is 10.3 Å². The Kier molecular flexibility index (Phi) is 12.3. The molecule has 1 saturated heterocycles. The molecule has 2 aliphatic rings. The number of amides is 1. The molecule has 3 heterocycles. The molecule has 43 heavy (non-hydrogen) atoms. The van der Waals surface area contributed by atoms with Crippen molar-refractivity contribution in [3.05, 3.63) is 58.0 Å². The Bertz CT molecular complexity index is 1390. The average Bonchev–Trinajstić information content (AvgIpc) is 2.98. The van der Waals surface area contributed by atoms with E-state index in [4.69, 9.17) is 0 Å². The lowest BCUT2D eigenvalue weighted by molar-refractivity contribution is -0.131. The van der Waals surface area contributed by atoms with Crippen molar-refractivity contribution in [1.82, 2.24) is 9.47 Å². The number of rotatable bonds is 16. The number of allylic oxidation sites excluding steroid dienone is 4. The summed E-state index contributed by atoms with van der Waals surface area (Å²) in [5.74, 6) is -1.68. The fourth-order valence-corrected chi connectivity index (χ4v) is 7.06. The monoisotopic (exact) mass is 611 g/mol. The van der Waals surface area contributed by atoms with Crippen LogP contribution in [0.4, 0.5) is 10.1 Å². The summed E-state index contributed by atoms with van der Waals surface area (Å²) in [6.45, 7) is 6.22. The number of anilines is 1. The van der Waals surface area contributed by atoms with Crippen LogP contribution in [0.25, 0.3) is 10.9 Å². The van der Waals surface area contributed by atoms with Gasteiger partial charge in [-0.3, -0.25) is 9.59 Å². The number of piperazine rings is 1. The summed E-state index contributed by atoms with van der Waals surface area (Å²) in [5, 5.41) is 10.0. The topological polar surface area (TPSA) is 82.8 Å². The van der Waals surface area contributed by atoms with E-state index in [0.29, 0.717) is 48.8 Å². The molecular formula is C34H46FN3O4S. The van der Waals surface area contributed by atoms with E-state index in [-0.39, 0.29) is 22.2 Å². The van der Waals surface area contributed by atoms with Crippen LogP contribution in [0.5, 0.6) is 0 Å². The summed E-state index contributed by atoms with van der Waals surface area (Å²) >= 11 is 1.33. The largest absolute Gasteiger partial charge is 0.477 e. The van der Waals surface area contributed by atoms with Crippen molar-refractivity contribution in [2.75, 3.05) is 31.1 Å². The minimum atomic E-state index is -1.29. The molecule has 0 bridgehead atoms. The number of carboxylic acids is 1. The molecule has 234 valence electrons. The van der Waals surface area contributed by atoms with Crippen LogP contribution in [-0.2, 0) is 4.79 Å². The first-order valence-corrected chi connectivity index (χ1v) is 16.9. The highest BCUT2D eigenvalue weighted by molar-refractivity contribution is 8.00. The number of halogens is 1. The molecule has 7 nitrogen and oxygen atoms in total. The van der Waals surface area contributed by atoms with Crippen LogP contribution in [0, 0.1) is 5.82 Å². The molecule has 1 aromatic heterocycles. The van der Waals surface area contributed by atoms with Crippen molar-refractivity contribution >= 4 is 40.2 Å². The number of carbonyl (C=O) groups excluding carboxylic acids is 1. The number of unbranched alkanes of at least 4 members (excludes halogenated alkanes) is 8. The fraction of sp³-hybridized carbons (Fsp3) is 0.559. The number of thioether (sulfide) groups is 1. The van der Waals surface area contributed by atoms with Crippen LogP contribution in [0.3, 0.4) is 0 Å². The predicted octanol–water partition coefficient (Wildman–Crippen LogP) is 7.93. The number of fused-ring (bicyclic) bond motifs is 3. The second kappa shape index (κ2) is 16.1. The number of hydrogen-bond acceptors (Lipinski definition) is 5. The molecule has 2 aromatic rings. The van der Waals surface area contributed by atoms with Gasteiger partial charge in [-0.1, -0.05) is 75.1 Å². The van der Waals surface area contributed by atoms with Crippen molar-refractivity contribution in [3.8, 4) is 0 Å². The SMILES string of the molecule is CCCCC/C=C/C/C=C/CCCCCCCC(=O)N1CCN(c2cc3c(cc2F)c(=O)c(C(=O)O)c2n3C(C)S2)CC1. The van der Waals surface area contributed by atoms with Gasteiger partial charge in [0.15, 0.2) is 0 Å². The maximum absolute atomic E-state index is 15.2. The quantitative estimate of drug-likeness (QED) is 0.153. The zero-order valence-corrected chi connectivity index (χ0v) is 26.5.